The third kappa shape index (κ3) is 8.49. The standard InChI is InChI=1S/C28H39N3O5S/c1-35-26-20-19-24(21-27(26)36-2)31(37(33,34)25-17-13-10-14-18-25)22-28(32)30-29-23-15-11-8-6-4-3-5-7-9-12-16-23/h10,13-14,17-21H,3-9,11-12,15-16,22H2,1-2H3,(H,30,32). The zero-order valence-electron chi connectivity index (χ0n) is 21.9. The van der Waals surface area contributed by atoms with Gasteiger partial charge in [-0.2, -0.15) is 5.10 Å². The Morgan fingerprint density at radius 3 is 1.97 bits per heavy atom. The largest absolute Gasteiger partial charge is 0.493 e. The van der Waals surface area contributed by atoms with Gasteiger partial charge in [-0.15, -0.1) is 0 Å². The lowest BCUT2D eigenvalue weighted by Gasteiger charge is -2.24. The maximum atomic E-state index is 13.6. The fourth-order valence-corrected chi connectivity index (χ4v) is 5.89. The summed E-state index contributed by atoms with van der Waals surface area (Å²) in [6.45, 7) is -0.427. The van der Waals surface area contributed by atoms with E-state index in [4.69, 9.17) is 9.47 Å². The fraction of sp³-hybridized carbons (Fsp3) is 0.500. The summed E-state index contributed by atoms with van der Waals surface area (Å²) in [4.78, 5) is 13.1. The van der Waals surface area contributed by atoms with Crippen molar-refractivity contribution in [3.8, 4) is 11.5 Å². The second-order valence-electron chi connectivity index (χ2n) is 9.26. The highest BCUT2D eigenvalue weighted by molar-refractivity contribution is 7.92. The van der Waals surface area contributed by atoms with Crippen LogP contribution in [0.3, 0.4) is 0 Å². The molecular formula is C28H39N3O5S. The average molecular weight is 530 g/mol. The van der Waals surface area contributed by atoms with Crippen molar-refractivity contribution in [3.63, 3.8) is 0 Å². The van der Waals surface area contributed by atoms with Gasteiger partial charge in [-0.25, -0.2) is 13.8 Å². The van der Waals surface area contributed by atoms with E-state index in [0.29, 0.717) is 11.5 Å². The van der Waals surface area contributed by atoms with Crippen LogP contribution in [0.2, 0.25) is 0 Å². The molecule has 0 aromatic heterocycles. The average Bonchev–Trinajstić information content (AvgIpc) is 2.91. The lowest BCUT2D eigenvalue weighted by Crippen LogP contribution is -2.39. The molecule has 0 spiro atoms. The van der Waals surface area contributed by atoms with Crippen LogP contribution in [0, 0.1) is 0 Å². The van der Waals surface area contributed by atoms with E-state index in [1.807, 2.05) is 0 Å². The molecule has 0 aliphatic heterocycles. The Kier molecular flexibility index (Phi) is 11.3. The maximum Gasteiger partial charge on any atom is 0.264 e. The van der Waals surface area contributed by atoms with Gasteiger partial charge < -0.3 is 9.47 Å². The van der Waals surface area contributed by atoms with E-state index < -0.39 is 22.5 Å². The van der Waals surface area contributed by atoms with Crippen LogP contribution in [0.5, 0.6) is 11.5 Å². The number of anilines is 1. The zero-order valence-corrected chi connectivity index (χ0v) is 22.8. The van der Waals surface area contributed by atoms with E-state index >= 15 is 0 Å². The highest BCUT2D eigenvalue weighted by atomic mass is 32.2. The molecule has 2 aromatic rings. The van der Waals surface area contributed by atoms with Gasteiger partial charge in [-0.1, -0.05) is 63.1 Å². The third-order valence-electron chi connectivity index (χ3n) is 6.54. The van der Waals surface area contributed by atoms with Crippen molar-refractivity contribution in [3.05, 3.63) is 48.5 Å². The topological polar surface area (TPSA) is 97.3 Å². The van der Waals surface area contributed by atoms with Gasteiger partial charge in [0.25, 0.3) is 15.9 Å². The molecule has 1 amide bonds. The van der Waals surface area contributed by atoms with Crippen LogP contribution in [-0.4, -0.2) is 40.8 Å². The molecule has 1 aliphatic rings. The molecule has 202 valence electrons. The first kappa shape index (κ1) is 28.5. The molecular weight excluding hydrogens is 490 g/mol. The minimum Gasteiger partial charge on any atom is -0.493 e. The molecule has 2 aromatic carbocycles. The highest BCUT2D eigenvalue weighted by Gasteiger charge is 2.28. The number of hydrogen-bond donors (Lipinski definition) is 1. The zero-order chi connectivity index (χ0) is 26.5. The maximum absolute atomic E-state index is 13.6. The van der Waals surface area contributed by atoms with Gasteiger partial charge in [-0.3, -0.25) is 9.10 Å². The van der Waals surface area contributed by atoms with Crippen LogP contribution in [0.4, 0.5) is 5.69 Å². The molecule has 0 atom stereocenters. The van der Waals surface area contributed by atoms with Crippen molar-refractivity contribution >= 4 is 27.3 Å². The summed E-state index contributed by atoms with van der Waals surface area (Å²) < 4.78 is 38.9. The molecule has 0 saturated heterocycles. The Morgan fingerprint density at radius 2 is 1.41 bits per heavy atom. The van der Waals surface area contributed by atoms with Crippen LogP contribution in [0.25, 0.3) is 0 Å². The number of benzene rings is 2. The smallest absolute Gasteiger partial charge is 0.264 e. The van der Waals surface area contributed by atoms with Crippen LogP contribution in [0.1, 0.15) is 70.6 Å². The Labute approximate surface area is 221 Å². The van der Waals surface area contributed by atoms with Crippen molar-refractivity contribution in [1.82, 2.24) is 5.43 Å². The number of methoxy groups -OCH3 is 2. The molecule has 0 unspecified atom stereocenters. The van der Waals surface area contributed by atoms with Crippen molar-refractivity contribution in [2.45, 2.75) is 75.5 Å². The summed E-state index contributed by atoms with van der Waals surface area (Å²) in [6, 6.07) is 12.8. The minimum atomic E-state index is -4.04. The molecule has 0 radical (unpaired) electrons. The summed E-state index contributed by atoms with van der Waals surface area (Å²) in [5, 5.41) is 4.42. The molecule has 1 N–H and O–H groups in total. The molecule has 3 rings (SSSR count). The third-order valence-corrected chi connectivity index (χ3v) is 8.33. The second kappa shape index (κ2) is 14.6. The molecule has 0 heterocycles. The summed E-state index contributed by atoms with van der Waals surface area (Å²) >= 11 is 0. The number of carbonyl (C=O) groups is 1. The Balaban J connectivity index is 1.81. The first-order valence-electron chi connectivity index (χ1n) is 13.1. The van der Waals surface area contributed by atoms with E-state index in [1.54, 1.807) is 36.4 Å². The van der Waals surface area contributed by atoms with Gasteiger partial charge in [0.15, 0.2) is 11.5 Å². The molecule has 37 heavy (non-hydrogen) atoms. The molecule has 0 bridgehead atoms. The number of carbonyl (C=O) groups excluding carboxylic acids is 1. The Bertz CT molecular complexity index is 1120. The van der Waals surface area contributed by atoms with E-state index in [1.165, 1.54) is 58.5 Å². The Hall–Kier alpha value is -3.07. The van der Waals surface area contributed by atoms with Crippen molar-refractivity contribution < 1.29 is 22.7 Å². The fourth-order valence-electron chi connectivity index (χ4n) is 4.45. The van der Waals surface area contributed by atoms with Gasteiger partial charge in [-0.05, 0) is 49.9 Å². The minimum absolute atomic E-state index is 0.0863. The molecule has 8 nitrogen and oxygen atoms in total. The summed E-state index contributed by atoms with van der Waals surface area (Å²) in [6.07, 6.45) is 12.5. The highest BCUT2D eigenvalue weighted by Crippen LogP contribution is 2.33. The lowest BCUT2D eigenvalue weighted by atomic mass is 10.00. The van der Waals surface area contributed by atoms with E-state index in [2.05, 4.69) is 10.5 Å². The first-order valence-corrected chi connectivity index (χ1v) is 14.5. The predicted octanol–water partition coefficient (Wildman–Crippen LogP) is 5.68. The molecule has 1 saturated carbocycles. The summed E-state index contributed by atoms with van der Waals surface area (Å²) in [7, 11) is -1.06. The van der Waals surface area contributed by atoms with E-state index in [0.717, 1.165) is 48.5 Å². The van der Waals surface area contributed by atoms with Gasteiger partial charge in [0, 0.05) is 11.8 Å². The van der Waals surface area contributed by atoms with Crippen LogP contribution in [0.15, 0.2) is 58.5 Å². The monoisotopic (exact) mass is 529 g/mol. The van der Waals surface area contributed by atoms with Crippen LogP contribution in [-0.2, 0) is 14.8 Å². The number of hydrogen-bond acceptors (Lipinski definition) is 6. The molecule has 9 heteroatoms. The first-order chi connectivity index (χ1) is 18.0. The van der Waals surface area contributed by atoms with Crippen molar-refractivity contribution in [2.24, 2.45) is 5.10 Å². The predicted molar refractivity (Wildman–Crippen MR) is 147 cm³/mol. The van der Waals surface area contributed by atoms with Crippen LogP contribution >= 0.6 is 0 Å². The number of sulfonamides is 1. The van der Waals surface area contributed by atoms with Gasteiger partial charge >= 0.3 is 0 Å². The number of amides is 1. The van der Waals surface area contributed by atoms with Crippen LogP contribution < -0.4 is 19.2 Å². The number of nitrogens with one attached hydrogen (secondary N) is 1. The Morgan fingerprint density at radius 1 is 0.838 bits per heavy atom. The number of rotatable bonds is 8. The van der Waals surface area contributed by atoms with Gasteiger partial charge in [0.05, 0.1) is 24.8 Å². The molecule has 1 aliphatic carbocycles. The normalized spacial score (nSPS) is 15.6. The quantitative estimate of drug-likeness (QED) is 0.444. The number of hydrazone groups is 1. The second-order valence-corrected chi connectivity index (χ2v) is 11.1. The molecule has 1 fully saturated rings. The SMILES string of the molecule is COc1ccc(N(CC(=O)NN=C2CCCCCCCCCCC2)S(=O)(=O)c2ccccc2)cc1OC. The van der Waals surface area contributed by atoms with Gasteiger partial charge in [0.1, 0.15) is 6.54 Å². The van der Waals surface area contributed by atoms with E-state index in [9.17, 15) is 13.2 Å². The van der Waals surface area contributed by atoms with Gasteiger partial charge in [0.2, 0.25) is 0 Å². The lowest BCUT2D eigenvalue weighted by molar-refractivity contribution is -0.119. The summed E-state index contributed by atoms with van der Waals surface area (Å²) in [5.41, 5.74) is 3.88. The van der Waals surface area contributed by atoms with Crippen molar-refractivity contribution in [2.75, 3.05) is 25.1 Å². The summed E-state index contributed by atoms with van der Waals surface area (Å²) in [5.74, 6) is 0.316. The number of ether oxygens (including phenoxy) is 2. The van der Waals surface area contributed by atoms with E-state index in [-0.39, 0.29) is 10.6 Å². The van der Waals surface area contributed by atoms with Crippen molar-refractivity contribution in [1.29, 1.82) is 0 Å². The number of nitrogens with zero attached hydrogens (tertiary/aromatic N) is 2.